The molecule has 2 aliphatic heterocycles. The zero-order chi connectivity index (χ0) is 15.5. The Kier molecular flexibility index (Phi) is 4.05. The van der Waals surface area contributed by atoms with E-state index in [4.69, 9.17) is 9.47 Å². The number of nitrogens with zero attached hydrogens (tertiary/aromatic N) is 1. The summed E-state index contributed by atoms with van der Waals surface area (Å²) in [6.45, 7) is 3.02. The standard InChI is InChI=1S/C18H22NO3.BrH/c1-11-8-14(21-3)17-16-13(11)10-19(2)7-6-18(16)5-4-12(20)9-15(18)22-17;/h4-5,7-8,12,15,20H,6,9-10H2,1-3H3;1H/q+1;/p-1/t12-,15?,18?;/m0./s1. The second-order valence-corrected chi connectivity index (χ2v) is 6.69. The minimum absolute atomic E-state index is 0. The van der Waals surface area contributed by atoms with E-state index in [-0.39, 0.29) is 28.5 Å². The molecule has 0 saturated carbocycles. The minimum atomic E-state index is -0.429. The summed E-state index contributed by atoms with van der Waals surface area (Å²) in [6, 6.07) is 2.07. The Balaban J connectivity index is 0.00000156. The summed E-state index contributed by atoms with van der Waals surface area (Å²) < 4.78 is 14.1. The van der Waals surface area contributed by atoms with Gasteiger partial charge in [0.1, 0.15) is 19.4 Å². The number of methoxy groups -OCH3 is 1. The molecule has 2 heterocycles. The third-order valence-electron chi connectivity index (χ3n) is 5.32. The molecule has 0 fully saturated rings. The average Bonchev–Trinajstić information content (AvgIpc) is 2.74. The highest BCUT2D eigenvalue weighted by Gasteiger charge is 2.53. The van der Waals surface area contributed by atoms with Gasteiger partial charge in [-0.15, -0.1) is 0 Å². The first-order valence-electron chi connectivity index (χ1n) is 7.84. The number of hydrogen-bond donors (Lipinski definition) is 1. The van der Waals surface area contributed by atoms with Crippen LogP contribution in [0.1, 0.15) is 29.5 Å². The van der Waals surface area contributed by atoms with Gasteiger partial charge in [0.15, 0.2) is 18.0 Å². The van der Waals surface area contributed by atoms with Crippen molar-refractivity contribution in [3.63, 3.8) is 0 Å². The Morgan fingerprint density at radius 2 is 2.22 bits per heavy atom. The van der Waals surface area contributed by atoms with E-state index in [0.717, 1.165) is 24.5 Å². The Bertz CT molecular complexity index is 713. The number of rotatable bonds is 1. The zero-order valence-electron chi connectivity index (χ0n) is 13.7. The molecule has 5 heteroatoms. The first-order chi connectivity index (χ1) is 10.5. The van der Waals surface area contributed by atoms with Crippen molar-refractivity contribution >= 4 is 6.21 Å². The van der Waals surface area contributed by atoms with Crippen LogP contribution in [0.25, 0.3) is 0 Å². The highest BCUT2D eigenvalue weighted by atomic mass is 79.9. The molecule has 0 aromatic heterocycles. The van der Waals surface area contributed by atoms with Crippen LogP contribution in [0.4, 0.5) is 0 Å². The van der Waals surface area contributed by atoms with Crippen molar-refractivity contribution in [1.29, 1.82) is 0 Å². The number of aliphatic hydroxyl groups excluding tert-OH is 1. The first kappa shape index (κ1) is 16.5. The fourth-order valence-electron chi connectivity index (χ4n) is 4.13. The van der Waals surface area contributed by atoms with Crippen molar-refractivity contribution in [2.24, 2.45) is 0 Å². The molecule has 124 valence electrons. The molecule has 1 aliphatic carbocycles. The molecular formula is C18H22BrNO3. The number of benzene rings is 1. The second-order valence-electron chi connectivity index (χ2n) is 6.69. The van der Waals surface area contributed by atoms with E-state index in [9.17, 15) is 5.11 Å². The smallest absolute Gasteiger partial charge is 0.168 e. The Hall–Kier alpha value is -1.33. The van der Waals surface area contributed by atoms with E-state index in [1.807, 2.05) is 6.08 Å². The van der Waals surface area contributed by atoms with Crippen LogP contribution in [-0.2, 0) is 12.0 Å². The minimum Gasteiger partial charge on any atom is -1.00 e. The van der Waals surface area contributed by atoms with Crippen LogP contribution >= 0.6 is 0 Å². The molecule has 1 spiro atoms. The Morgan fingerprint density at radius 3 is 2.96 bits per heavy atom. The third-order valence-corrected chi connectivity index (χ3v) is 5.32. The van der Waals surface area contributed by atoms with E-state index < -0.39 is 6.10 Å². The predicted molar refractivity (Wildman–Crippen MR) is 84.2 cm³/mol. The van der Waals surface area contributed by atoms with Gasteiger partial charge in [0, 0.05) is 24.0 Å². The maximum absolute atomic E-state index is 10.0. The van der Waals surface area contributed by atoms with Crippen molar-refractivity contribution in [1.82, 2.24) is 0 Å². The van der Waals surface area contributed by atoms with E-state index in [2.05, 4.69) is 36.9 Å². The summed E-state index contributed by atoms with van der Waals surface area (Å²) in [7, 11) is 3.81. The summed E-state index contributed by atoms with van der Waals surface area (Å²) in [5.74, 6) is 1.67. The number of halogens is 1. The van der Waals surface area contributed by atoms with Gasteiger partial charge in [-0.05, 0) is 18.6 Å². The fourth-order valence-corrected chi connectivity index (χ4v) is 4.13. The molecule has 0 saturated heterocycles. The van der Waals surface area contributed by atoms with Crippen LogP contribution in [0.5, 0.6) is 11.5 Å². The summed E-state index contributed by atoms with van der Waals surface area (Å²) in [5, 5.41) is 10.0. The van der Waals surface area contributed by atoms with E-state index in [1.54, 1.807) is 7.11 Å². The Morgan fingerprint density at radius 1 is 1.43 bits per heavy atom. The molecule has 2 unspecified atom stereocenters. The van der Waals surface area contributed by atoms with Crippen molar-refractivity contribution < 1.29 is 36.1 Å². The first-order valence-corrected chi connectivity index (χ1v) is 7.84. The van der Waals surface area contributed by atoms with Crippen molar-refractivity contribution in [3.05, 3.63) is 34.9 Å². The van der Waals surface area contributed by atoms with Crippen LogP contribution in [0, 0.1) is 6.92 Å². The third kappa shape index (κ3) is 2.24. The van der Waals surface area contributed by atoms with Crippen molar-refractivity contribution in [2.75, 3.05) is 14.2 Å². The number of aliphatic hydroxyl groups is 1. The van der Waals surface area contributed by atoms with Gasteiger partial charge in [-0.25, -0.2) is 4.58 Å². The predicted octanol–water partition coefficient (Wildman–Crippen LogP) is -1.06. The lowest BCUT2D eigenvalue weighted by Gasteiger charge is -2.34. The molecular weight excluding hydrogens is 358 g/mol. The van der Waals surface area contributed by atoms with Crippen LogP contribution in [0.2, 0.25) is 0 Å². The number of hydrogen-bond acceptors (Lipinski definition) is 3. The molecule has 0 bridgehead atoms. The molecule has 0 amide bonds. The van der Waals surface area contributed by atoms with E-state index >= 15 is 0 Å². The normalized spacial score (nSPS) is 30.3. The van der Waals surface area contributed by atoms with Gasteiger partial charge in [0.05, 0.1) is 18.6 Å². The van der Waals surface area contributed by atoms with E-state index in [1.165, 1.54) is 16.7 Å². The number of aryl methyl sites for hydroxylation is 1. The van der Waals surface area contributed by atoms with Gasteiger partial charge in [0.2, 0.25) is 0 Å². The molecule has 1 N–H and O–H groups in total. The quantitative estimate of drug-likeness (QED) is 0.499. The van der Waals surface area contributed by atoms with Gasteiger partial charge < -0.3 is 31.6 Å². The van der Waals surface area contributed by atoms with Gasteiger partial charge in [0.25, 0.3) is 0 Å². The lowest BCUT2D eigenvalue weighted by atomic mass is 9.68. The van der Waals surface area contributed by atoms with Crippen LogP contribution < -0.4 is 26.5 Å². The van der Waals surface area contributed by atoms with Gasteiger partial charge in [-0.1, -0.05) is 12.2 Å². The molecule has 0 radical (unpaired) electrons. The largest absolute Gasteiger partial charge is 1.00 e. The monoisotopic (exact) mass is 379 g/mol. The maximum atomic E-state index is 10.0. The highest BCUT2D eigenvalue weighted by Crippen LogP contribution is 2.55. The average molecular weight is 380 g/mol. The Labute approximate surface area is 147 Å². The summed E-state index contributed by atoms with van der Waals surface area (Å²) in [5.41, 5.74) is 3.66. The molecule has 1 aromatic rings. The number of ether oxygens (including phenoxy) is 2. The lowest BCUT2D eigenvalue weighted by Crippen LogP contribution is -3.00. The van der Waals surface area contributed by atoms with Gasteiger partial charge in [-0.2, -0.15) is 0 Å². The molecule has 23 heavy (non-hydrogen) atoms. The second kappa shape index (κ2) is 5.64. The maximum Gasteiger partial charge on any atom is 0.168 e. The molecule has 4 nitrogen and oxygen atoms in total. The molecule has 4 rings (SSSR count). The summed E-state index contributed by atoms with van der Waals surface area (Å²) in [4.78, 5) is 0. The zero-order valence-corrected chi connectivity index (χ0v) is 15.3. The van der Waals surface area contributed by atoms with Gasteiger partial charge >= 0.3 is 0 Å². The molecule has 1 aromatic carbocycles. The van der Waals surface area contributed by atoms with Gasteiger partial charge in [-0.3, -0.25) is 0 Å². The van der Waals surface area contributed by atoms with Crippen LogP contribution in [-0.4, -0.2) is 42.3 Å². The van der Waals surface area contributed by atoms with Crippen LogP contribution in [0.3, 0.4) is 0 Å². The fraction of sp³-hybridized carbons (Fsp3) is 0.500. The summed E-state index contributed by atoms with van der Waals surface area (Å²) in [6.07, 6.45) is 7.40. The summed E-state index contributed by atoms with van der Waals surface area (Å²) >= 11 is 0. The SMILES string of the molecule is COc1cc(C)c2c3c1OC1C[C@@H](O)C=CC31CC=[N+](C)C2.[Br-]. The molecule has 3 atom stereocenters. The van der Waals surface area contributed by atoms with Crippen LogP contribution in [0.15, 0.2) is 18.2 Å². The van der Waals surface area contributed by atoms with E-state index in [0.29, 0.717) is 6.42 Å². The van der Waals surface area contributed by atoms with Crippen molar-refractivity contribution in [2.45, 2.75) is 43.9 Å². The molecule has 3 aliphatic rings. The topological polar surface area (TPSA) is 41.7 Å². The lowest BCUT2D eigenvalue weighted by molar-refractivity contribution is -0.510. The van der Waals surface area contributed by atoms with Crippen molar-refractivity contribution in [3.8, 4) is 11.5 Å². The highest BCUT2D eigenvalue weighted by molar-refractivity contribution is 5.68.